The predicted octanol–water partition coefficient (Wildman–Crippen LogP) is 3.09. The average molecular weight is 370 g/mol. The average Bonchev–Trinajstić information content (AvgIpc) is 3.01. The summed E-state index contributed by atoms with van der Waals surface area (Å²) in [7, 11) is 2.97. The number of ether oxygens (including phenoxy) is 2. The first-order chi connectivity index (χ1) is 12.6. The van der Waals surface area contributed by atoms with E-state index in [0.29, 0.717) is 11.5 Å². The van der Waals surface area contributed by atoms with Crippen molar-refractivity contribution in [1.82, 2.24) is 9.66 Å². The van der Waals surface area contributed by atoms with Crippen LogP contribution < -0.4 is 14.3 Å². The second-order valence-electron chi connectivity index (χ2n) is 5.31. The van der Waals surface area contributed by atoms with Crippen molar-refractivity contribution in [2.45, 2.75) is 6.92 Å². The fourth-order valence-electron chi connectivity index (χ4n) is 2.25. The summed E-state index contributed by atoms with van der Waals surface area (Å²) in [6, 6.07) is 7.08. The Hall–Kier alpha value is -3.13. The van der Waals surface area contributed by atoms with Crippen LogP contribution in [-0.4, -0.2) is 35.2 Å². The maximum atomic E-state index is 10.00. The van der Waals surface area contributed by atoms with Gasteiger partial charge in [0.25, 0.3) is 0 Å². The number of thiazole rings is 1. The largest absolute Gasteiger partial charge is 0.502 e. The van der Waals surface area contributed by atoms with Gasteiger partial charge in [-0.1, -0.05) is 0 Å². The Morgan fingerprint density at radius 1 is 1.23 bits per heavy atom. The molecule has 0 bridgehead atoms. The molecule has 134 valence electrons. The highest BCUT2D eigenvalue weighted by atomic mass is 32.1. The fraction of sp³-hybridized carbons (Fsp3) is 0.167. The molecule has 0 unspecified atom stereocenters. The molecule has 0 saturated heterocycles. The first-order valence-corrected chi connectivity index (χ1v) is 8.61. The lowest BCUT2D eigenvalue weighted by Gasteiger charge is -2.09. The summed E-state index contributed by atoms with van der Waals surface area (Å²) >= 11 is 1.49. The normalized spacial score (nSPS) is 11.9. The van der Waals surface area contributed by atoms with Crippen molar-refractivity contribution in [2.75, 3.05) is 14.2 Å². The predicted molar refractivity (Wildman–Crippen MR) is 101 cm³/mol. The topological polar surface area (TPSA) is 81.2 Å². The number of benzene rings is 1. The third kappa shape index (κ3) is 3.75. The van der Waals surface area contributed by atoms with Crippen LogP contribution >= 0.6 is 11.3 Å². The number of aromatic hydroxyl groups is 1. The van der Waals surface area contributed by atoms with Crippen molar-refractivity contribution in [2.24, 2.45) is 10.1 Å². The van der Waals surface area contributed by atoms with E-state index in [4.69, 9.17) is 9.47 Å². The number of phenols is 1. The summed E-state index contributed by atoms with van der Waals surface area (Å²) in [5, 5.41) is 16.5. The smallest absolute Gasteiger partial charge is 0.211 e. The summed E-state index contributed by atoms with van der Waals surface area (Å²) in [4.78, 5) is 9.37. The second kappa shape index (κ2) is 7.83. The van der Waals surface area contributed by atoms with Gasteiger partial charge in [-0.2, -0.15) is 5.10 Å². The van der Waals surface area contributed by atoms with Crippen molar-refractivity contribution < 1.29 is 14.6 Å². The van der Waals surface area contributed by atoms with E-state index in [9.17, 15) is 5.11 Å². The van der Waals surface area contributed by atoms with Crippen LogP contribution in [0.15, 0.2) is 52.1 Å². The standard InChI is InChI=1S/C18H18N4O3S/c1-12-11-26-18(21-14-5-4-6-19-10-14)22(12)20-9-13-7-15(24-2)17(23)16(8-13)25-3/h4-11,23H,1-3H3. The Bertz CT molecular complexity index is 968. The van der Waals surface area contributed by atoms with Crippen molar-refractivity contribution in [3.63, 3.8) is 0 Å². The van der Waals surface area contributed by atoms with Gasteiger partial charge in [-0.15, -0.1) is 11.3 Å². The molecule has 2 aromatic heterocycles. The number of hydrogen-bond acceptors (Lipinski definition) is 7. The lowest BCUT2D eigenvalue weighted by Crippen LogP contribution is -2.11. The van der Waals surface area contributed by atoms with Gasteiger partial charge in [0.1, 0.15) is 0 Å². The summed E-state index contributed by atoms with van der Waals surface area (Å²) in [6.07, 6.45) is 5.06. The zero-order valence-corrected chi connectivity index (χ0v) is 15.4. The minimum absolute atomic E-state index is 0.0428. The van der Waals surface area contributed by atoms with Crippen LogP contribution in [0.25, 0.3) is 0 Å². The minimum Gasteiger partial charge on any atom is -0.502 e. The molecule has 0 fully saturated rings. The first-order valence-electron chi connectivity index (χ1n) is 7.73. The second-order valence-corrected chi connectivity index (χ2v) is 6.15. The number of aromatic nitrogens is 2. The molecule has 0 saturated carbocycles. The Morgan fingerprint density at radius 2 is 1.96 bits per heavy atom. The van der Waals surface area contributed by atoms with Gasteiger partial charge in [-0.05, 0) is 31.2 Å². The third-order valence-electron chi connectivity index (χ3n) is 3.55. The van der Waals surface area contributed by atoms with Crippen LogP contribution in [0.1, 0.15) is 11.3 Å². The molecule has 0 atom stereocenters. The molecule has 3 rings (SSSR count). The molecule has 2 heterocycles. The van der Waals surface area contributed by atoms with Crippen molar-refractivity contribution in [1.29, 1.82) is 0 Å². The van der Waals surface area contributed by atoms with E-state index in [-0.39, 0.29) is 5.75 Å². The Balaban J connectivity index is 2.00. The molecule has 1 N–H and O–H groups in total. The van der Waals surface area contributed by atoms with Crippen LogP contribution in [0, 0.1) is 6.92 Å². The summed E-state index contributed by atoms with van der Waals surface area (Å²) < 4.78 is 12.1. The number of aryl methyl sites for hydroxylation is 1. The fourth-order valence-corrected chi connectivity index (χ4v) is 3.07. The molecular weight excluding hydrogens is 352 g/mol. The maximum absolute atomic E-state index is 10.00. The van der Waals surface area contributed by atoms with E-state index in [1.807, 2.05) is 24.4 Å². The van der Waals surface area contributed by atoms with E-state index >= 15 is 0 Å². The summed E-state index contributed by atoms with van der Waals surface area (Å²) in [5.41, 5.74) is 2.43. The minimum atomic E-state index is -0.0428. The van der Waals surface area contributed by atoms with Crippen LogP contribution in [0.2, 0.25) is 0 Å². The van der Waals surface area contributed by atoms with Crippen LogP contribution in [-0.2, 0) is 0 Å². The summed E-state index contributed by atoms with van der Waals surface area (Å²) in [5.74, 6) is 0.593. The quantitative estimate of drug-likeness (QED) is 0.700. The Labute approximate surface area is 154 Å². The molecule has 8 heteroatoms. The van der Waals surface area contributed by atoms with Gasteiger partial charge in [0, 0.05) is 17.1 Å². The SMILES string of the molecule is COc1cc(C=Nn2c(C)csc2=Nc2cccnc2)cc(OC)c1O. The monoisotopic (exact) mass is 370 g/mol. The van der Waals surface area contributed by atoms with Gasteiger partial charge < -0.3 is 14.6 Å². The molecule has 0 spiro atoms. The first kappa shape index (κ1) is 17.7. The number of hydrogen-bond donors (Lipinski definition) is 1. The van der Waals surface area contributed by atoms with Crippen LogP contribution in [0.5, 0.6) is 17.2 Å². The zero-order chi connectivity index (χ0) is 18.5. The van der Waals surface area contributed by atoms with E-state index in [2.05, 4.69) is 15.1 Å². The Kier molecular flexibility index (Phi) is 5.33. The molecule has 0 aliphatic rings. The van der Waals surface area contributed by atoms with E-state index in [1.165, 1.54) is 25.6 Å². The molecule has 7 nitrogen and oxygen atoms in total. The van der Waals surface area contributed by atoms with Gasteiger partial charge >= 0.3 is 0 Å². The van der Waals surface area contributed by atoms with Crippen LogP contribution in [0.3, 0.4) is 0 Å². The maximum Gasteiger partial charge on any atom is 0.211 e. The molecule has 26 heavy (non-hydrogen) atoms. The number of nitrogens with zero attached hydrogens (tertiary/aromatic N) is 4. The number of phenolic OH excluding ortho intramolecular Hbond substituents is 1. The van der Waals surface area contributed by atoms with E-state index in [1.54, 1.807) is 35.4 Å². The van der Waals surface area contributed by atoms with Crippen molar-refractivity contribution in [3.8, 4) is 17.2 Å². The van der Waals surface area contributed by atoms with E-state index < -0.39 is 0 Å². The Morgan fingerprint density at radius 3 is 2.58 bits per heavy atom. The summed E-state index contributed by atoms with van der Waals surface area (Å²) in [6.45, 7) is 1.95. The molecule has 1 aromatic carbocycles. The molecular formula is C18H18N4O3S. The highest BCUT2D eigenvalue weighted by molar-refractivity contribution is 7.07. The molecule has 0 aliphatic carbocycles. The zero-order valence-electron chi connectivity index (χ0n) is 14.6. The van der Waals surface area contributed by atoms with Gasteiger partial charge in [0.2, 0.25) is 10.6 Å². The van der Waals surface area contributed by atoms with Crippen molar-refractivity contribution >= 4 is 23.2 Å². The van der Waals surface area contributed by atoms with Gasteiger partial charge in [0.05, 0.1) is 38.0 Å². The van der Waals surface area contributed by atoms with Crippen LogP contribution in [0.4, 0.5) is 5.69 Å². The van der Waals surface area contributed by atoms with Gasteiger partial charge in [-0.25, -0.2) is 9.67 Å². The number of rotatable bonds is 5. The lowest BCUT2D eigenvalue weighted by atomic mass is 10.2. The van der Waals surface area contributed by atoms with Gasteiger partial charge in [0.15, 0.2) is 11.5 Å². The molecule has 0 amide bonds. The lowest BCUT2D eigenvalue weighted by molar-refractivity contribution is 0.340. The molecule has 3 aromatic rings. The van der Waals surface area contributed by atoms with Crippen molar-refractivity contribution in [3.05, 3.63) is 58.1 Å². The van der Waals surface area contributed by atoms with E-state index in [0.717, 1.165) is 21.7 Å². The number of methoxy groups -OCH3 is 2. The highest BCUT2D eigenvalue weighted by Gasteiger charge is 2.10. The molecule has 0 radical (unpaired) electrons. The molecule has 0 aliphatic heterocycles. The van der Waals surface area contributed by atoms with Gasteiger partial charge in [-0.3, -0.25) is 4.98 Å². The number of pyridine rings is 1. The third-order valence-corrected chi connectivity index (χ3v) is 4.48. The highest BCUT2D eigenvalue weighted by Crippen LogP contribution is 2.36.